The van der Waals surface area contributed by atoms with Crippen LogP contribution in [0.5, 0.6) is 0 Å². The standard InChI is InChI=1S/C15H17N3O2S/c1-15(2)6-10-12(11(19)7-15)21-14(16-10)17-13(20)9-4-5-18(3)8-9/h4-5,8H,6-7H2,1-3H3,(H,16,17,20). The predicted molar refractivity (Wildman–Crippen MR) is 81.9 cm³/mol. The number of aromatic nitrogens is 2. The van der Waals surface area contributed by atoms with E-state index in [1.54, 1.807) is 12.3 Å². The molecule has 0 fully saturated rings. The molecule has 0 unspecified atom stereocenters. The van der Waals surface area contributed by atoms with Gasteiger partial charge in [-0.15, -0.1) is 0 Å². The summed E-state index contributed by atoms with van der Waals surface area (Å²) in [5, 5.41) is 3.28. The molecule has 1 aliphatic rings. The first-order chi connectivity index (χ1) is 9.84. The van der Waals surface area contributed by atoms with Crippen molar-refractivity contribution in [2.75, 3.05) is 5.32 Å². The Morgan fingerprint density at radius 2 is 2.19 bits per heavy atom. The summed E-state index contributed by atoms with van der Waals surface area (Å²) in [7, 11) is 1.86. The van der Waals surface area contributed by atoms with Gasteiger partial charge in [-0.1, -0.05) is 25.2 Å². The van der Waals surface area contributed by atoms with Crippen LogP contribution in [0.25, 0.3) is 0 Å². The summed E-state index contributed by atoms with van der Waals surface area (Å²) < 4.78 is 1.81. The van der Waals surface area contributed by atoms with Crippen LogP contribution in [0.2, 0.25) is 0 Å². The van der Waals surface area contributed by atoms with Crippen LogP contribution in [0.3, 0.4) is 0 Å². The molecule has 0 bridgehead atoms. The van der Waals surface area contributed by atoms with Gasteiger partial charge < -0.3 is 4.57 Å². The minimum absolute atomic E-state index is 0.0567. The molecule has 5 nitrogen and oxygen atoms in total. The molecule has 0 spiro atoms. The van der Waals surface area contributed by atoms with Crippen LogP contribution < -0.4 is 5.32 Å². The van der Waals surface area contributed by atoms with E-state index >= 15 is 0 Å². The summed E-state index contributed by atoms with van der Waals surface area (Å²) in [6.45, 7) is 4.13. The smallest absolute Gasteiger partial charge is 0.258 e. The van der Waals surface area contributed by atoms with Gasteiger partial charge in [-0.25, -0.2) is 4.98 Å². The van der Waals surface area contributed by atoms with E-state index in [0.29, 0.717) is 22.0 Å². The van der Waals surface area contributed by atoms with Gasteiger partial charge in [0.15, 0.2) is 10.9 Å². The van der Waals surface area contributed by atoms with E-state index in [1.807, 2.05) is 17.8 Å². The van der Waals surface area contributed by atoms with Gasteiger partial charge in [0.2, 0.25) is 0 Å². The Hall–Kier alpha value is -1.95. The Kier molecular flexibility index (Phi) is 3.20. The first-order valence-corrected chi connectivity index (χ1v) is 7.62. The number of thiazole rings is 1. The Bertz CT molecular complexity index is 727. The van der Waals surface area contributed by atoms with Crippen LogP contribution in [0.1, 0.15) is 46.0 Å². The second-order valence-electron chi connectivity index (χ2n) is 6.26. The molecule has 2 aromatic heterocycles. The molecule has 2 heterocycles. The first-order valence-electron chi connectivity index (χ1n) is 6.80. The van der Waals surface area contributed by atoms with Crippen LogP contribution in [-0.2, 0) is 13.5 Å². The van der Waals surface area contributed by atoms with E-state index in [0.717, 1.165) is 12.1 Å². The molecule has 1 aliphatic carbocycles. The molecule has 2 aromatic rings. The normalized spacial score (nSPS) is 16.6. The number of hydrogen-bond acceptors (Lipinski definition) is 4. The average molecular weight is 303 g/mol. The average Bonchev–Trinajstić information content (AvgIpc) is 2.94. The molecule has 1 N–H and O–H groups in total. The third kappa shape index (κ3) is 2.76. The van der Waals surface area contributed by atoms with E-state index in [1.165, 1.54) is 11.3 Å². The fourth-order valence-electron chi connectivity index (χ4n) is 2.58. The number of hydrogen-bond donors (Lipinski definition) is 1. The van der Waals surface area contributed by atoms with Crippen LogP contribution >= 0.6 is 11.3 Å². The molecule has 0 atom stereocenters. The van der Waals surface area contributed by atoms with Gasteiger partial charge in [0.05, 0.1) is 16.1 Å². The molecule has 110 valence electrons. The lowest BCUT2D eigenvalue weighted by atomic mass is 9.78. The summed E-state index contributed by atoms with van der Waals surface area (Å²) in [5.74, 6) is -0.0765. The molecule has 1 amide bonds. The fraction of sp³-hybridized carbons (Fsp3) is 0.400. The molecule has 21 heavy (non-hydrogen) atoms. The van der Waals surface area contributed by atoms with Gasteiger partial charge in [-0.05, 0) is 17.9 Å². The largest absolute Gasteiger partial charge is 0.356 e. The zero-order valence-corrected chi connectivity index (χ0v) is 13.1. The molecule has 6 heteroatoms. The van der Waals surface area contributed by atoms with Crippen LogP contribution in [0.15, 0.2) is 18.5 Å². The molecular weight excluding hydrogens is 286 g/mol. The molecule has 0 saturated heterocycles. The second-order valence-corrected chi connectivity index (χ2v) is 7.25. The minimum Gasteiger partial charge on any atom is -0.356 e. The van der Waals surface area contributed by atoms with E-state index in [-0.39, 0.29) is 17.1 Å². The van der Waals surface area contributed by atoms with Crippen molar-refractivity contribution in [1.29, 1.82) is 0 Å². The number of anilines is 1. The first kappa shape index (κ1) is 14.0. The van der Waals surface area contributed by atoms with Crippen molar-refractivity contribution in [1.82, 2.24) is 9.55 Å². The number of nitrogens with zero attached hydrogens (tertiary/aromatic N) is 2. The lowest BCUT2D eigenvalue weighted by Crippen LogP contribution is -2.26. The summed E-state index contributed by atoms with van der Waals surface area (Å²) >= 11 is 1.27. The molecule has 0 radical (unpaired) electrons. The highest BCUT2D eigenvalue weighted by molar-refractivity contribution is 7.17. The number of amides is 1. The Labute approximate surface area is 127 Å². The molecule has 0 saturated carbocycles. The molecule has 0 aliphatic heterocycles. The van der Waals surface area contributed by atoms with Gasteiger partial charge in [-0.2, -0.15) is 0 Å². The maximum Gasteiger partial charge on any atom is 0.258 e. The number of ketones is 1. The van der Waals surface area contributed by atoms with Gasteiger partial charge >= 0.3 is 0 Å². The Morgan fingerprint density at radius 1 is 1.43 bits per heavy atom. The number of Topliss-reactive ketones (excluding diaryl/α,β-unsaturated/α-hetero) is 1. The van der Waals surface area contributed by atoms with Crippen molar-refractivity contribution < 1.29 is 9.59 Å². The molecule has 0 aromatic carbocycles. The maximum atomic E-state index is 12.1. The Morgan fingerprint density at radius 3 is 2.86 bits per heavy atom. The lowest BCUT2D eigenvalue weighted by molar-refractivity contribution is 0.0915. The number of aryl methyl sites for hydroxylation is 1. The minimum atomic E-state index is -0.201. The number of fused-ring (bicyclic) bond motifs is 1. The maximum absolute atomic E-state index is 12.1. The highest BCUT2D eigenvalue weighted by Crippen LogP contribution is 2.38. The number of carbonyl (C=O) groups is 2. The summed E-state index contributed by atoms with van der Waals surface area (Å²) in [5.41, 5.74) is 1.33. The lowest BCUT2D eigenvalue weighted by Gasteiger charge is -2.26. The highest BCUT2D eigenvalue weighted by Gasteiger charge is 2.34. The van der Waals surface area contributed by atoms with Gasteiger partial charge in [0, 0.05) is 25.9 Å². The van der Waals surface area contributed by atoms with Crippen molar-refractivity contribution in [2.45, 2.75) is 26.7 Å². The van der Waals surface area contributed by atoms with E-state index < -0.39 is 0 Å². The second kappa shape index (κ2) is 4.80. The third-order valence-corrected chi connectivity index (χ3v) is 4.60. The van der Waals surface area contributed by atoms with Crippen LogP contribution in [0.4, 0.5) is 5.13 Å². The molecule has 3 rings (SSSR count). The van der Waals surface area contributed by atoms with E-state index in [9.17, 15) is 9.59 Å². The van der Waals surface area contributed by atoms with Crippen LogP contribution in [0, 0.1) is 5.41 Å². The SMILES string of the molecule is Cn1ccc(C(=O)Nc2nc3c(s2)C(=O)CC(C)(C)C3)c1. The van der Waals surface area contributed by atoms with Crippen molar-refractivity contribution in [3.8, 4) is 0 Å². The quantitative estimate of drug-likeness (QED) is 0.928. The third-order valence-electron chi connectivity index (χ3n) is 3.55. The topological polar surface area (TPSA) is 64.0 Å². The summed E-state index contributed by atoms with van der Waals surface area (Å²) in [4.78, 5) is 29.4. The zero-order chi connectivity index (χ0) is 15.2. The van der Waals surface area contributed by atoms with Crippen LogP contribution in [-0.4, -0.2) is 21.2 Å². The van der Waals surface area contributed by atoms with Crippen molar-refractivity contribution in [3.05, 3.63) is 34.6 Å². The highest BCUT2D eigenvalue weighted by atomic mass is 32.1. The number of nitrogens with one attached hydrogen (secondary N) is 1. The predicted octanol–water partition coefficient (Wildman–Crippen LogP) is 2.89. The Balaban J connectivity index is 1.82. The van der Waals surface area contributed by atoms with Gasteiger partial charge in [0.25, 0.3) is 5.91 Å². The summed E-state index contributed by atoms with van der Waals surface area (Å²) in [6, 6.07) is 1.75. The van der Waals surface area contributed by atoms with Crippen molar-refractivity contribution in [2.24, 2.45) is 12.5 Å². The van der Waals surface area contributed by atoms with Crippen molar-refractivity contribution in [3.63, 3.8) is 0 Å². The molecular formula is C15H17N3O2S. The van der Waals surface area contributed by atoms with Gasteiger partial charge in [0.1, 0.15) is 0 Å². The van der Waals surface area contributed by atoms with Crippen molar-refractivity contribution >= 4 is 28.2 Å². The fourth-order valence-corrected chi connectivity index (χ4v) is 3.50. The van der Waals surface area contributed by atoms with E-state index in [2.05, 4.69) is 24.1 Å². The monoisotopic (exact) mass is 303 g/mol. The zero-order valence-electron chi connectivity index (χ0n) is 12.3. The summed E-state index contributed by atoms with van der Waals surface area (Å²) in [6.07, 6.45) is 4.87. The van der Waals surface area contributed by atoms with E-state index in [4.69, 9.17) is 0 Å². The van der Waals surface area contributed by atoms with Gasteiger partial charge in [-0.3, -0.25) is 14.9 Å². The number of carbonyl (C=O) groups excluding carboxylic acids is 2. The number of rotatable bonds is 2.